The minimum absolute atomic E-state index is 0.132. The van der Waals surface area contributed by atoms with Crippen molar-refractivity contribution in [1.29, 1.82) is 0 Å². The van der Waals surface area contributed by atoms with Crippen molar-refractivity contribution in [3.05, 3.63) is 41.8 Å². The molecule has 0 aliphatic heterocycles. The third-order valence-electron chi connectivity index (χ3n) is 4.62. The first-order valence-electron chi connectivity index (χ1n) is 9.56. The summed E-state index contributed by atoms with van der Waals surface area (Å²) in [5, 5.41) is 3.32. The zero-order chi connectivity index (χ0) is 21.0. The quantitative estimate of drug-likeness (QED) is 0.540. The van der Waals surface area contributed by atoms with E-state index >= 15 is 0 Å². The van der Waals surface area contributed by atoms with Crippen LogP contribution in [0.15, 0.2) is 29.0 Å². The summed E-state index contributed by atoms with van der Waals surface area (Å²) in [6.07, 6.45) is 1.29. The molecule has 0 atom stereocenters. The summed E-state index contributed by atoms with van der Waals surface area (Å²) in [5.41, 5.74) is 2.63. The van der Waals surface area contributed by atoms with Crippen LogP contribution in [0.4, 0.5) is 13.2 Å². The maximum absolute atomic E-state index is 12.5. The van der Waals surface area contributed by atoms with Gasteiger partial charge < -0.3 is 9.09 Å². The van der Waals surface area contributed by atoms with Crippen LogP contribution in [0.1, 0.15) is 44.5 Å². The minimum Gasteiger partial charge on any atom is -0.329 e. The Balaban J connectivity index is 1.71. The van der Waals surface area contributed by atoms with Crippen LogP contribution in [0.25, 0.3) is 23.2 Å². The van der Waals surface area contributed by atoms with Crippen LogP contribution in [0.5, 0.6) is 0 Å². The second kappa shape index (κ2) is 8.77. The summed E-state index contributed by atoms with van der Waals surface area (Å²) in [4.78, 5) is 10.2. The highest BCUT2D eigenvalue weighted by atomic mass is 19.4. The molecule has 0 spiro atoms. The van der Waals surface area contributed by atoms with Crippen LogP contribution in [0.2, 0.25) is 0 Å². The number of imidazole rings is 1. The Bertz CT molecular complexity index is 974. The smallest absolute Gasteiger partial charge is 0.329 e. The molecule has 0 bridgehead atoms. The van der Waals surface area contributed by atoms with Gasteiger partial charge >= 0.3 is 12.1 Å². The summed E-state index contributed by atoms with van der Waals surface area (Å²) >= 11 is 0. The first kappa shape index (κ1) is 21.0. The molecule has 0 fully saturated rings. The fourth-order valence-corrected chi connectivity index (χ4v) is 3.10. The van der Waals surface area contributed by atoms with Crippen LogP contribution >= 0.6 is 0 Å². The molecule has 6 nitrogen and oxygen atoms in total. The van der Waals surface area contributed by atoms with Crippen LogP contribution in [0, 0.1) is 0 Å². The molecule has 1 aromatic carbocycles. The van der Waals surface area contributed by atoms with E-state index in [1.165, 1.54) is 6.08 Å². The van der Waals surface area contributed by atoms with Gasteiger partial charge in [-0.05, 0) is 50.6 Å². The molecule has 0 radical (unpaired) electrons. The predicted octanol–water partition coefficient (Wildman–Crippen LogP) is 4.73. The van der Waals surface area contributed by atoms with Gasteiger partial charge in [0.05, 0.1) is 17.4 Å². The number of hydrogen-bond donors (Lipinski definition) is 0. The molecule has 0 saturated carbocycles. The van der Waals surface area contributed by atoms with Crippen molar-refractivity contribution >= 4 is 23.2 Å². The topological polar surface area (TPSA) is 60.0 Å². The fraction of sp³-hybridized carbons (Fsp3) is 0.450. The number of nitrogens with zero attached hydrogens (tertiary/aromatic N) is 5. The normalized spacial score (nSPS) is 12.8. The Kier molecular flexibility index (Phi) is 6.36. The zero-order valence-corrected chi connectivity index (χ0v) is 16.6. The molecule has 2 heterocycles. The largest absolute Gasteiger partial charge is 0.471 e. The van der Waals surface area contributed by atoms with Crippen molar-refractivity contribution in [2.24, 2.45) is 0 Å². The molecular formula is C20H24F3N5O. The fourth-order valence-electron chi connectivity index (χ4n) is 3.10. The first-order valence-corrected chi connectivity index (χ1v) is 9.56. The van der Waals surface area contributed by atoms with Gasteiger partial charge in [-0.25, -0.2) is 4.98 Å². The van der Waals surface area contributed by atoms with Crippen LogP contribution in [0.3, 0.4) is 0 Å². The summed E-state index contributed by atoms with van der Waals surface area (Å²) < 4.78 is 43.8. The van der Waals surface area contributed by atoms with Gasteiger partial charge in [-0.2, -0.15) is 18.2 Å². The number of aromatic nitrogens is 4. The lowest BCUT2D eigenvalue weighted by atomic mass is 10.2. The Labute approximate surface area is 167 Å². The van der Waals surface area contributed by atoms with Crippen LogP contribution in [-0.2, 0) is 12.7 Å². The molecule has 0 aliphatic carbocycles. The highest BCUT2D eigenvalue weighted by Gasteiger charge is 2.38. The van der Waals surface area contributed by atoms with Gasteiger partial charge in [0.25, 0.3) is 0 Å². The molecule has 0 amide bonds. The maximum Gasteiger partial charge on any atom is 0.471 e. The Morgan fingerprint density at radius 2 is 2.00 bits per heavy atom. The molecular weight excluding hydrogens is 383 g/mol. The maximum atomic E-state index is 12.5. The Morgan fingerprint density at radius 1 is 1.21 bits per heavy atom. The van der Waals surface area contributed by atoms with E-state index in [2.05, 4.69) is 49.9 Å². The number of alkyl halides is 3. The SMILES string of the molecule is CCCN(CCn1cnc2cc(/C=C/c3noc(C(F)(F)F)n3)ccc21)C(C)C. The van der Waals surface area contributed by atoms with Crippen molar-refractivity contribution in [2.75, 3.05) is 13.1 Å². The molecule has 0 N–H and O–H groups in total. The molecule has 0 unspecified atom stereocenters. The standard InChI is InChI=1S/C20H24F3N5O/c1-4-9-27(14(2)3)10-11-28-13-24-16-12-15(5-7-17(16)28)6-8-18-25-19(29-26-18)20(21,22)23/h5-8,12-14H,4,9-11H2,1-3H3/b8-6+. The summed E-state index contributed by atoms with van der Waals surface area (Å²) in [5.74, 6) is -1.49. The third-order valence-corrected chi connectivity index (χ3v) is 4.62. The summed E-state index contributed by atoms with van der Waals surface area (Å²) in [6, 6.07) is 6.20. The second-order valence-electron chi connectivity index (χ2n) is 7.10. The Hall–Kier alpha value is -2.68. The van der Waals surface area contributed by atoms with E-state index in [4.69, 9.17) is 0 Å². The van der Waals surface area contributed by atoms with E-state index in [0.717, 1.165) is 42.7 Å². The van der Waals surface area contributed by atoms with E-state index in [0.29, 0.717) is 6.04 Å². The van der Waals surface area contributed by atoms with Gasteiger partial charge in [0, 0.05) is 19.1 Å². The molecule has 0 saturated heterocycles. The van der Waals surface area contributed by atoms with Gasteiger partial charge in [-0.1, -0.05) is 24.2 Å². The minimum atomic E-state index is -4.65. The average Bonchev–Trinajstić information content (AvgIpc) is 3.30. The lowest BCUT2D eigenvalue weighted by Crippen LogP contribution is -2.34. The summed E-state index contributed by atoms with van der Waals surface area (Å²) in [6.45, 7) is 9.41. The molecule has 29 heavy (non-hydrogen) atoms. The number of hydrogen-bond acceptors (Lipinski definition) is 5. The number of halogens is 3. The van der Waals surface area contributed by atoms with Gasteiger partial charge in [-0.15, -0.1) is 0 Å². The van der Waals surface area contributed by atoms with Gasteiger partial charge in [0.2, 0.25) is 0 Å². The highest BCUT2D eigenvalue weighted by molar-refractivity contribution is 5.80. The van der Waals surface area contributed by atoms with E-state index in [1.807, 2.05) is 24.5 Å². The molecule has 0 aliphatic rings. The number of fused-ring (bicyclic) bond motifs is 1. The van der Waals surface area contributed by atoms with Gasteiger partial charge in [0.1, 0.15) is 0 Å². The van der Waals surface area contributed by atoms with Gasteiger partial charge in [0.15, 0.2) is 5.82 Å². The lowest BCUT2D eigenvalue weighted by molar-refractivity contribution is -0.159. The third kappa shape index (κ3) is 5.23. The van der Waals surface area contributed by atoms with E-state index < -0.39 is 12.1 Å². The van der Waals surface area contributed by atoms with Crippen LogP contribution < -0.4 is 0 Å². The molecule has 156 valence electrons. The molecule has 3 rings (SSSR count). The van der Waals surface area contributed by atoms with E-state index in [1.54, 1.807) is 6.08 Å². The first-order chi connectivity index (χ1) is 13.8. The molecule has 3 aromatic rings. The van der Waals surface area contributed by atoms with Crippen molar-refractivity contribution in [3.63, 3.8) is 0 Å². The molecule has 2 aromatic heterocycles. The Morgan fingerprint density at radius 3 is 2.66 bits per heavy atom. The van der Waals surface area contributed by atoms with Crippen molar-refractivity contribution < 1.29 is 17.7 Å². The highest BCUT2D eigenvalue weighted by Crippen LogP contribution is 2.27. The van der Waals surface area contributed by atoms with Crippen molar-refractivity contribution in [3.8, 4) is 0 Å². The van der Waals surface area contributed by atoms with E-state index in [-0.39, 0.29) is 5.82 Å². The van der Waals surface area contributed by atoms with Crippen LogP contribution in [-0.4, -0.2) is 43.7 Å². The summed E-state index contributed by atoms with van der Waals surface area (Å²) in [7, 11) is 0. The van der Waals surface area contributed by atoms with E-state index in [9.17, 15) is 13.2 Å². The van der Waals surface area contributed by atoms with Gasteiger partial charge in [-0.3, -0.25) is 4.90 Å². The predicted molar refractivity (Wildman–Crippen MR) is 105 cm³/mol. The number of benzene rings is 1. The zero-order valence-electron chi connectivity index (χ0n) is 16.6. The van der Waals surface area contributed by atoms with Crippen molar-refractivity contribution in [2.45, 2.75) is 46.0 Å². The lowest BCUT2D eigenvalue weighted by Gasteiger charge is -2.26. The van der Waals surface area contributed by atoms with Crippen molar-refractivity contribution in [1.82, 2.24) is 24.6 Å². The second-order valence-corrected chi connectivity index (χ2v) is 7.10. The monoisotopic (exact) mass is 407 g/mol. The molecule has 9 heteroatoms. The average molecular weight is 407 g/mol. The number of rotatable bonds is 8.